The molecule has 0 saturated carbocycles. The van der Waals surface area contributed by atoms with Crippen molar-refractivity contribution >= 4 is 29.2 Å². The molecule has 2 atom stereocenters. The van der Waals surface area contributed by atoms with Crippen LogP contribution >= 0.6 is 11.6 Å². The smallest absolute Gasteiger partial charge is 0.471 e. The van der Waals surface area contributed by atoms with Crippen molar-refractivity contribution < 1.29 is 32.8 Å². The van der Waals surface area contributed by atoms with Crippen LogP contribution in [0.3, 0.4) is 0 Å². The number of nitrogens with zero attached hydrogens (tertiary/aromatic N) is 1. The second-order valence-electron chi connectivity index (χ2n) is 4.93. The molecule has 24 heavy (non-hydrogen) atoms. The van der Waals surface area contributed by atoms with Gasteiger partial charge in [-0.3, -0.25) is 19.7 Å². The van der Waals surface area contributed by atoms with E-state index in [9.17, 15) is 32.9 Å². The SMILES string of the molecule is CC(NC(=O)C(F)(F)F)[C@H](CC(=O)O)c1ccc(Cl)c([N+](=O)[O-])c1. The van der Waals surface area contributed by atoms with Crippen molar-refractivity contribution in [2.45, 2.75) is 31.5 Å². The van der Waals surface area contributed by atoms with Crippen molar-refractivity contribution in [1.29, 1.82) is 0 Å². The molecule has 0 saturated heterocycles. The summed E-state index contributed by atoms with van der Waals surface area (Å²) in [5, 5.41) is 21.3. The number of amides is 1. The lowest BCUT2D eigenvalue weighted by molar-refractivity contribution is -0.384. The second-order valence-corrected chi connectivity index (χ2v) is 5.34. The lowest BCUT2D eigenvalue weighted by Crippen LogP contribution is -2.44. The molecule has 1 rings (SSSR count). The summed E-state index contributed by atoms with van der Waals surface area (Å²) >= 11 is 5.65. The zero-order chi connectivity index (χ0) is 18.7. The number of carboxylic acid groups (broad SMARTS) is 1. The Hall–Kier alpha value is -2.36. The normalized spacial score (nSPS) is 13.9. The zero-order valence-electron chi connectivity index (χ0n) is 12.1. The molecule has 0 aliphatic rings. The molecular weight excluding hydrogens is 357 g/mol. The van der Waals surface area contributed by atoms with E-state index in [-0.39, 0.29) is 10.6 Å². The van der Waals surface area contributed by atoms with Crippen molar-refractivity contribution in [3.63, 3.8) is 0 Å². The number of aliphatic carboxylic acids is 1. The third-order valence-corrected chi connectivity index (χ3v) is 3.53. The van der Waals surface area contributed by atoms with Crippen LogP contribution < -0.4 is 5.32 Å². The predicted octanol–water partition coefficient (Wildman–Crippen LogP) is 2.87. The Morgan fingerprint density at radius 3 is 2.46 bits per heavy atom. The standard InChI is InChI=1S/C13H12ClF3N2O5/c1-6(18-12(22)13(15,16)17)8(5-11(20)21)7-2-3-9(14)10(4-7)19(23)24/h2-4,6,8H,5H2,1H3,(H,18,22)(H,20,21)/t6?,8-/m0/s1. The summed E-state index contributed by atoms with van der Waals surface area (Å²) in [6.07, 6.45) is -5.77. The average molecular weight is 369 g/mol. The number of nitro groups is 1. The van der Waals surface area contributed by atoms with Crippen LogP contribution in [-0.2, 0) is 9.59 Å². The largest absolute Gasteiger partial charge is 0.481 e. The molecule has 1 aromatic carbocycles. The fourth-order valence-electron chi connectivity index (χ4n) is 2.06. The minimum atomic E-state index is -5.13. The van der Waals surface area contributed by atoms with Gasteiger partial charge in [0.05, 0.1) is 11.3 Å². The van der Waals surface area contributed by atoms with Gasteiger partial charge in [-0.2, -0.15) is 13.2 Å². The van der Waals surface area contributed by atoms with E-state index in [1.165, 1.54) is 13.0 Å². The van der Waals surface area contributed by atoms with Gasteiger partial charge in [0.1, 0.15) is 5.02 Å². The summed E-state index contributed by atoms with van der Waals surface area (Å²) in [6.45, 7) is 1.18. The molecule has 1 aromatic rings. The Balaban J connectivity index is 3.18. The summed E-state index contributed by atoms with van der Waals surface area (Å²) in [5.41, 5.74) is -0.442. The van der Waals surface area contributed by atoms with E-state index in [2.05, 4.69) is 0 Å². The minimum absolute atomic E-state index is 0.0727. The third kappa shape index (κ3) is 5.08. The fraction of sp³-hybridized carbons (Fsp3) is 0.385. The highest BCUT2D eigenvalue weighted by Gasteiger charge is 2.40. The first kappa shape index (κ1) is 19.7. The van der Waals surface area contributed by atoms with Crippen LogP contribution in [0.4, 0.5) is 18.9 Å². The molecule has 0 aromatic heterocycles. The van der Waals surface area contributed by atoms with Gasteiger partial charge in [-0.05, 0) is 18.6 Å². The maximum absolute atomic E-state index is 12.3. The van der Waals surface area contributed by atoms with Crippen molar-refractivity contribution in [3.8, 4) is 0 Å². The lowest BCUT2D eigenvalue weighted by atomic mass is 9.89. The Bertz CT molecular complexity index is 665. The fourth-order valence-corrected chi connectivity index (χ4v) is 2.25. The molecule has 0 radical (unpaired) electrons. The predicted molar refractivity (Wildman–Crippen MR) is 76.8 cm³/mol. The summed E-state index contributed by atoms with van der Waals surface area (Å²) in [7, 11) is 0. The molecule has 0 bridgehead atoms. The maximum atomic E-state index is 12.3. The lowest BCUT2D eigenvalue weighted by Gasteiger charge is -2.24. The molecular formula is C13H12ClF3N2O5. The van der Waals surface area contributed by atoms with Crippen LogP contribution in [0.15, 0.2) is 18.2 Å². The van der Waals surface area contributed by atoms with Crippen molar-refractivity contribution in [1.82, 2.24) is 5.32 Å². The summed E-state index contributed by atoms with van der Waals surface area (Å²) in [6, 6.07) is 2.14. The Morgan fingerprint density at radius 2 is 2.00 bits per heavy atom. The highest BCUT2D eigenvalue weighted by Crippen LogP contribution is 2.32. The van der Waals surface area contributed by atoms with Gasteiger partial charge in [-0.1, -0.05) is 17.7 Å². The van der Waals surface area contributed by atoms with Crippen LogP contribution in [0, 0.1) is 10.1 Å². The topological polar surface area (TPSA) is 110 Å². The third-order valence-electron chi connectivity index (χ3n) is 3.21. The number of nitrogens with one attached hydrogen (secondary N) is 1. The van der Waals surface area contributed by atoms with Gasteiger partial charge >= 0.3 is 18.1 Å². The van der Waals surface area contributed by atoms with Gasteiger partial charge in [0.15, 0.2) is 0 Å². The zero-order valence-corrected chi connectivity index (χ0v) is 12.9. The van der Waals surface area contributed by atoms with E-state index in [4.69, 9.17) is 16.7 Å². The highest BCUT2D eigenvalue weighted by atomic mass is 35.5. The van der Waals surface area contributed by atoms with E-state index in [1.54, 1.807) is 5.32 Å². The van der Waals surface area contributed by atoms with Gasteiger partial charge in [-0.15, -0.1) is 0 Å². The van der Waals surface area contributed by atoms with E-state index in [0.29, 0.717) is 0 Å². The number of carboxylic acids is 1. The number of hydrogen-bond acceptors (Lipinski definition) is 4. The number of carbonyl (C=O) groups excluding carboxylic acids is 1. The van der Waals surface area contributed by atoms with Crippen molar-refractivity contribution in [2.24, 2.45) is 0 Å². The van der Waals surface area contributed by atoms with Gasteiger partial charge in [0, 0.05) is 18.0 Å². The molecule has 7 nitrogen and oxygen atoms in total. The molecule has 0 spiro atoms. The molecule has 2 N–H and O–H groups in total. The van der Waals surface area contributed by atoms with Crippen molar-refractivity contribution in [3.05, 3.63) is 38.9 Å². The van der Waals surface area contributed by atoms with Crippen molar-refractivity contribution in [2.75, 3.05) is 0 Å². The van der Waals surface area contributed by atoms with Crippen LogP contribution in [0.5, 0.6) is 0 Å². The Kier molecular flexibility index (Phi) is 6.13. The Morgan fingerprint density at radius 1 is 1.42 bits per heavy atom. The number of nitro benzene ring substituents is 1. The number of carbonyl (C=O) groups is 2. The first-order valence-corrected chi connectivity index (χ1v) is 6.84. The second kappa shape index (κ2) is 7.47. The van der Waals surface area contributed by atoms with E-state index < -0.39 is 47.0 Å². The van der Waals surface area contributed by atoms with Gasteiger partial charge < -0.3 is 10.4 Å². The monoisotopic (exact) mass is 368 g/mol. The van der Waals surface area contributed by atoms with Crippen LogP contribution in [0.2, 0.25) is 5.02 Å². The molecule has 0 aliphatic heterocycles. The van der Waals surface area contributed by atoms with Crippen LogP contribution in [0.1, 0.15) is 24.8 Å². The molecule has 1 unspecified atom stereocenters. The number of rotatable bonds is 6. The number of benzene rings is 1. The van der Waals surface area contributed by atoms with Crippen LogP contribution in [-0.4, -0.2) is 34.1 Å². The summed E-state index contributed by atoms with van der Waals surface area (Å²) in [5.74, 6) is -4.69. The number of hydrogen-bond donors (Lipinski definition) is 2. The number of alkyl halides is 3. The maximum Gasteiger partial charge on any atom is 0.471 e. The van der Waals surface area contributed by atoms with Crippen LogP contribution in [0.25, 0.3) is 0 Å². The van der Waals surface area contributed by atoms with E-state index in [0.717, 1.165) is 12.1 Å². The molecule has 11 heteroatoms. The molecule has 1 amide bonds. The van der Waals surface area contributed by atoms with Gasteiger partial charge in [-0.25, -0.2) is 0 Å². The quantitative estimate of drug-likeness (QED) is 0.592. The molecule has 132 valence electrons. The summed E-state index contributed by atoms with van der Waals surface area (Å²) in [4.78, 5) is 32.1. The average Bonchev–Trinajstić information content (AvgIpc) is 2.43. The first-order chi connectivity index (χ1) is 10.9. The summed E-state index contributed by atoms with van der Waals surface area (Å²) < 4.78 is 37.0. The van der Waals surface area contributed by atoms with E-state index >= 15 is 0 Å². The highest BCUT2D eigenvalue weighted by molar-refractivity contribution is 6.32. The first-order valence-electron chi connectivity index (χ1n) is 6.46. The van der Waals surface area contributed by atoms with E-state index in [1.807, 2.05) is 0 Å². The van der Waals surface area contributed by atoms with Gasteiger partial charge in [0.2, 0.25) is 0 Å². The molecule has 0 fully saturated rings. The molecule has 0 aliphatic carbocycles. The minimum Gasteiger partial charge on any atom is -0.481 e. The Labute approximate surface area is 138 Å². The van der Waals surface area contributed by atoms with Gasteiger partial charge in [0.25, 0.3) is 5.69 Å². The molecule has 0 heterocycles. The number of halogens is 4.